The summed E-state index contributed by atoms with van der Waals surface area (Å²) in [4.78, 5) is 36.2. The number of rotatable bonds is 6. The molecule has 5 nitrogen and oxygen atoms in total. The van der Waals surface area contributed by atoms with Crippen LogP contribution in [0.2, 0.25) is 0 Å². The molecule has 1 atom stereocenters. The Labute approximate surface area is 138 Å². The number of nitrogens with one attached hydrogen (secondary N) is 1. The van der Waals surface area contributed by atoms with Gasteiger partial charge < -0.3 is 10.4 Å². The van der Waals surface area contributed by atoms with Gasteiger partial charge in [0.15, 0.2) is 11.8 Å². The zero-order valence-corrected chi connectivity index (χ0v) is 13.0. The zero-order valence-electron chi connectivity index (χ0n) is 12.1. The van der Waals surface area contributed by atoms with Crippen LogP contribution in [0.25, 0.3) is 0 Å². The van der Waals surface area contributed by atoms with Gasteiger partial charge in [0, 0.05) is 10.5 Å². The number of hydrogen-bond donors (Lipinski definition) is 3. The molecule has 0 aromatic heterocycles. The molecule has 1 amide bonds. The van der Waals surface area contributed by atoms with Gasteiger partial charge in [0.05, 0.1) is 6.42 Å². The molecule has 0 spiro atoms. The molecule has 0 aliphatic heterocycles. The minimum Gasteiger partial charge on any atom is -0.479 e. The van der Waals surface area contributed by atoms with Crippen molar-refractivity contribution in [3.8, 4) is 0 Å². The molecular formula is C17H15NO4S. The Kier molecular flexibility index (Phi) is 5.54. The van der Waals surface area contributed by atoms with E-state index in [1.165, 1.54) is 12.1 Å². The van der Waals surface area contributed by atoms with Gasteiger partial charge in [-0.1, -0.05) is 48.5 Å². The van der Waals surface area contributed by atoms with E-state index in [0.717, 1.165) is 0 Å². The van der Waals surface area contributed by atoms with Crippen molar-refractivity contribution in [1.82, 2.24) is 5.32 Å². The van der Waals surface area contributed by atoms with Crippen molar-refractivity contribution in [2.45, 2.75) is 17.4 Å². The van der Waals surface area contributed by atoms with Crippen molar-refractivity contribution >= 4 is 30.3 Å². The molecule has 2 aromatic rings. The highest BCUT2D eigenvalue weighted by molar-refractivity contribution is 7.80. The Balaban J connectivity index is 2.11. The third-order valence-corrected chi connectivity index (χ3v) is 3.65. The van der Waals surface area contributed by atoms with Crippen molar-refractivity contribution in [3.63, 3.8) is 0 Å². The predicted molar refractivity (Wildman–Crippen MR) is 87.7 cm³/mol. The number of carboxylic acids is 1. The highest BCUT2D eigenvalue weighted by Crippen LogP contribution is 2.13. The smallest absolute Gasteiger partial charge is 0.334 e. The first-order valence-corrected chi connectivity index (χ1v) is 7.32. The van der Waals surface area contributed by atoms with Crippen molar-refractivity contribution in [3.05, 3.63) is 65.7 Å². The number of aliphatic carboxylic acids is 1. The van der Waals surface area contributed by atoms with Crippen LogP contribution in [0.1, 0.15) is 15.9 Å². The van der Waals surface area contributed by atoms with Crippen molar-refractivity contribution < 1.29 is 19.5 Å². The maximum Gasteiger partial charge on any atom is 0.334 e. The Hall–Kier alpha value is -2.60. The molecule has 0 aliphatic rings. The monoisotopic (exact) mass is 329 g/mol. The summed E-state index contributed by atoms with van der Waals surface area (Å²) in [5.74, 6) is -2.61. The van der Waals surface area contributed by atoms with Crippen LogP contribution < -0.4 is 5.32 Å². The third-order valence-electron chi connectivity index (χ3n) is 3.22. The lowest BCUT2D eigenvalue weighted by Gasteiger charge is -2.14. The molecule has 0 fully saturated rings. The molecule has 0 saturated carbocycles. The Bertz CT molecular complexity index is 730. The van der Waals surface area contributed by atoms with E-state index >= 15 is 0 Å². The van der Waals surface area contributed by atoms with Crippen LogP contribution in [0.15, 0.2) is 59.5 Å². The number of hydrogen-bond acceptors (Lipinski definition) is 4. The molecule has 0 saturated heterocycles. The summed E-state index contributed by atoms with van der Waals surface area (Å²) in [6.45, 7) is 0. The van der Waals surface area contributed by atoms with Gasteiger partial charge in [-0.05, 0) is 11.6 Å². The van der Waals surface area contributed by atoms with Crippen LogP contribution in [0.4, 0.5) is 0 Å². The fourth-order valence-corrected chi connectivity index (χ4v) is 2.29. The number of carbonyl (C=O) groups excluding carboxylic acids is 2. The molecule has 2 aromatic carbocycles. The second kappa shape index (κ2) is 7.60. The zero-order chi connectivity index (χ0) is 16.8. The van der Waals surface area contributed by atoms with Gasteiger partial charge in [-0.15, -0.1) is 12.6 Å². The number of amides is 1. The van der Waals surface area contributed by atoms with Crippen LogP contribution >= 0.6 is 12.6 Å². The number of benzene rings is 2. The third kappa shape index (κ3) is 4.43. The fourth-order valence-electron chi connectivity index (χ4n) is 2.05. The minimum atomic E-state index is -1.61. The van der Waals surface area contributed by atoms with E-state index in [9.17, 15) is 19.5 Å². The van der Waals surface area contributed by atoms with Crippen LogP contribution in [-0.4, -0.2) is 28.8 Å². The molecule has 0 heterocycles. The quantitative estimate of drug-likeness (QED) is 0.430. The summed E-state index contributed by atoms with van der Waals surface area (Å²) in [7, 11) is 0. The molecule has 118 valence electrons. The van der Waals surface area contributed by atoms with E-state index in [-0.39, 0.29) is 12.0 Å². The first-order chi connectivity index (χ1) is 11.0. The predicted octanol–water partition coefficient (Wildman–Crippen LogP) is 1.97. The normalized spacial score (nSPS) is 11.5. The van der Waals surface area contributed by atoms with Gasteiger partial charge in [0.1, 0.15) is 0 Å². The molecule has 2 rings (SSSR count). The van der Waals surface area contributed by atoms with Gasteiger partial charge >= 0.3 is 5.97 Å². The van der Waals surface area contributed by atoms with Gasteiger partial charge in [-0.3, -0.25) is 9.59 Å². The first-order valence-electron chi connectivity index (χ1n) is 6.87. The molecular weight excluding hydrogens is 314 g/mol. The van der Waals surface area contributed by atoms with E-state index in [0.29, 0.717) is 10.5 Å². The molecule has 23 heavy (non-hydrogen) atoms. The fraction of sp³-hybridized carbons (Fsp3) is 0.118. The molecule has 0 bridgehead atoms. The van der Waals surface area contributed by atoms with Gasteiger partial charge in [-0.25, -0.2) is 4.79 Å². The SMILES string of the molecule is O=C(Cc1ccccc1S)NC(C(=O)O)C(=O)c1ccccc1. The van der Waals surface area contributed by atoms with Gasteiger partial charge in [-0.2, -0.15) is 0 Å². The van der Waals surface area contributed by atoms with Crippen LogP contribution in [-0.2, 0) is 16.0 Å². The number of ketones is 1. The summed E-state index contributed by atoms with van der Waals surface area (Å²) >= 11 is 4.24. The minimum absolute atomic E-state index is 0.0501. The lowest BCUT2D eigenvalue weighted by Crippen LogP contribution is -2.47. The van der Waals surface area contributed by atoms with Gasteiger partial charge in [0.2, 0.25) is 5.91 Å². The topological polar surface area (TPSA) is 83.5 Å². The number of carboxylic acid groups (broad SMARTS) is 1. The van der Waals surface area contributed by atoms with Crippen LogP contribution in [0, 0.1) is 0 Å². The van der Waals surface area contributed by atoms with Crippen LogP contribution in [0.5, 0.6) is 0 Å². The Morgan fingerprint density at radius 2 is 1.61 bits per heavy atom. The highest BCUT2D eigenvalue weighted by Gasteiger charge is 2.28. The van der Waals surface area contributed by atoms with Crippen molar-refractivity contribution in [2.24, 2.45) is 0 Å². The van der Waals surface area contributed by atoms with E-state index in [1.54, 1.807) is 42.5 Å². The van der Waals surface area contributed by atoms with Gasteiger partial charge in [0.25, 0.3) is 0 Å². The number of carbonyl (C=O) groups is 3. The van der Waals surface area contributed by atoms with E-state index in [1.807, 2.05) is 0 Å². The van der Waals surface area contributed by atoms with Crippen molar-refractivity contribution in [1.29, 1.82) is 0 Å². The summed E-state index contributed by atoms with van der Waals surface area (Å²) in [6, 6.07) is 13.4. The molecule has 0 aliphatic carbocycles. The Morgan fingerprint density at radius 1 is 1.00 bits per heavy atom. The molecule has 2 N–H and O–H groups in total. The lowest BCUT2D eigenvalue weighted by molar-refractivity contribution is -0.140. The average Bonchev–Trinajstić information content (AvgIpc) is 2.55. The largest absolute Gasteiger partial charge is 0.479 e. The van der Waals surface area contributed by atoms with E-state index < -0.39 is 23.7 Å². The number of Topliss-reactive ketones (excluding diaryl/α,β-unsaturated/α-hetero) is 1. The van der Waals surface area contributed by atoms with E-state index in [2.05, 4.69) is 17.9 Å². The summed E-state index contributed by atoms with van der Waals surface area (Å²) in [5, 5.41) is 11.5. The molecule has 1 unspecified atom stereocenters. The number of thiol groups is 1. The second-order valence-corrected chi connectivity index (χ2v) is 5.36. The Morgan fingerprint density at radius 3 is 2.22 bits per heavy atom. The maximum absolute atomic E-state index is 12.2. The molecule has 0 radical (unpaired) electrons. The lowest BCUT2D eigenvalue weighted by atomic mass is 10.0. The van der Waals surface area contributed by atoms with Crippen LogP contribution in [0.3, 0.4) is 0 Å². The summed E-state index contributed by atoms with van der Waals surface area (Å²) < 4.78 is 0. The standard InChI is InChI=1S/C17H15NO4S/c19-14(10-12-8-4-5-9-13(12)23)18-15(17(21)22)16(20)11-6-2-1-3-7-11/h1-9,15,23H,10H2,(H,18,19)(H,21,22). The molecule has 6 heteroatoms. The average molecular weight is 329 g/mol. The van der Waals surface area contributed by atoms with Crippen molar-refractivity contribution in [2.75, 3.05) is 0 Å². The summed E-state index contributed by atoms with van der Waals surface area (Å²) in [5.41, 5.74) is 0.888. The second-order valence-electron chi connectivity index (χ2n) is 4.87. The summed E-state index contributed by atoms with van der Waals surface area (Å²) in [6.07, 6.45) is -0.0501. The first kappa shape index (κ1) is 16.8. The van der Waals surface area contributed by atoms with E-state index in [4.69, 9.17) is 0 Å². The highest BCUT2D eigenvalue weighted by atomic mass is 32.1. The maximum atomic E-state index is 12.2.